The van der Waals surface area contributed by atoms with Crippen LogP contribution in [0, 0.1) is 11.8 Å². The largest absolute Gasteiger partial charge is 0.393 e. The lowest BCUT2D eigenvalue weighted by Crippen LogP contribution is -2.27. The predicted molar refractivity (Wildman–Crippen MR) is 82.4 cm³/mol. The highest BCUT2D eigenvalue weighted by molar-refractivity contribution is 5.13. The van der Waals surface area contributed by atoms with Crippen molar-refractivity contribution >= 4 is 0 Å². The average molecular weight is 274 g/mol. The van der Waals surface area contributed by atoms with Crippen LogP contribution in [0.2, 0.25) is 0 Å². The summed E-state index contributed by atoms with van der Waals surface area (Å²) in [5.74, 6) is 0.686. The van der Waals surface area contributed by atoms with Crippen LogP contribution in [-0.2, 0) is 11.3 Å². The molecule has 0 saturated heterocycles. The predicted octanol–water partition coefficient (Wildman–Crippen LogP) is 3.95. The first kappa shape index (κ1) is 15.3. The summed E-state index contributed by atoms with van der Waals surface area (Å²) in [6.45, 7) is 3.43. The molecule has 2 rings (SSSR count). The van der Waals surface area contributed by atoms with Crippen molar-refractivity contribution in [3.05, 3.63) is 48.0 Å². The zero-order valence-corrected chi connectivity index (χ0v) is 12.4. The van der Waals surface area contributed by atoms with Gasteiger partial charge in [0.2, 0.25) is 0 Å². The summed E-state index contributed by atoms with van der Waals surface area (Å²) in [7, 11) is 0. The molecule has 3 unspecified atom stereocenters. The van der Waals surface area contributed by atoms with E-state index < -0.39 is 0 Å². The van der Waals surface area contributed by atoms with Crippen molar-refractivity contribution in [2.75, 3.05) is 6.61 Å². The van der Waals surface area contributed by atoms with Gasteiger partial charge in [-0.05, 0) is 31.2 Å². The summed E-state index contributed by atoms with van der Waals surface area (Å²) in [4.78, 5) is 0. The van der Waals surface area contributed by atoms with Crippen LogP contribution in [0.5, 0.6) is 0 Å². The number of ether oxygens (including phenoxy) is 1. The maximum atomic E-state index is 10.3. The molecule has 2 nitrogen and oxygen atoms in total. The molecule has 1 aliphatic carbocycles. The lowest BCUT2D eigenvalue weighted by molar-refractivity contribution is 0.0350. The monoisotopic (exact) mass is 274 g/mol. The Hall–Kier alpha value is -1.12. The minimum absolute atomic E-state index is 0.209. The minimum Gasteiger partial charge on any atom is -0.393 e. The number of aliphatic hydroxyl groups excluding tert-OH is 1. The normalized spacial score (nSPS) is 27.6. The van der Waals surface area contributed by atoms with Gasteiger partial charge in [0.15, 0.2) is 0 Å². The van der Waals surface area contributed by atoms with Crippen molar-refractivity contribution in [3.8, 4) is 0 Å². The number of hydrogen-bond acceptors (Lipinski definition) is 2. The maximum Gasteiger partial charge on any atom is 0.0717 e. The van der Waals surface area contributed by atoms with Crippen LogP contribution in [-0.4, -0.2) is 17.8 Å². The van der Waals surface area contributed by atoms with Crippen LogP contribution in [0.1, 0.15) is 38.2 Å². The summed E-state index contributed by atoms with van der Waals surface area (Å²) in [6.07, 6.45) is 8.41. The molecule has 1 saturated carbocycles. The Kier molecular flexibility index (Phi) is 6.28. The summed E-state index contributed by atoms with van der Waals surface area (Å²) in [5.41, 5.74) is 1.21. The van der Waals surface area contributed by atoms with Crippen molar-refractivity contribution in [1.82, 2.24) is 0 Å². The topological polar surface area (TPSA) is 29.5 Å². The molecule has 1 aromatic rings. The van der Waals surface area contributed by atoms with E-state index in [1.165, 1.54) is 12.0 Å². The van der Waals surface area contributed by atoms with E-state index in [-0.39, 0.29) is 12.0 Å². The van der Waals surface area contributed by atoms with E-state index in [9.17, 15) is 5.11 Å². The van der Waals surface area contributed by atoms with Gasteiger partial charge in [0.25, 0.3) is 0 Å². The van der Waals surface area contributed by atoms with Crippen molar-refractivity contribution in [3.63, 3.8) is 0 Å². The van der Waals surface area contributed by atoms with Gasteiger partial charge >= 0.3 is 0 Å². The van der Waals surface area contributed by atoms with Crippen molar-refractivity contribution in [2.24, 2.45) is 11.8 Å². The van der Waals surface area contributed by atoms with Gasteiger partial charge in [-0.2, -0.15) is 0 Å². The smallest absolute Gasteiger partial charge is 0.0717 e. The highest BCUT2D eigenvalue weighted by Gasteiger charge is 2.28. The summed E-state index contributed by atoms with van der Waals surface area (Å²) < 4.78 is 5.89. The molecule has 110 valence electrons. The molecule has 0 aliphatic heterocycles. The van der Waals surface area contributed by atoms with E-state index in [0.717, 1.165) is 25.9 Å². The highest BCUT2D eigenvalue weighted by Crippen LogP contribution is 2.30. The Morgan fingerprint density at radius 3 is 2.70 bits per heavy atom. The number of allylic oxidation sites excluding steroid dienone is 1. The van der Waals surface area contributed by atoms with Crippen LogP contribution in [0.4, 0.5) is 0 Å². The zero-order valence-electron chi connectivity index (χ0n) is 12.4. The van der Waals surface area contributed by atoms with E-state index in [1.807, 2.05) is 25.1 Å². The first-order valence-corrected chi connectivity index (χ1v) is 7.74. The molecule has 0 bridgehead atoms. The summed E-state index contributed by atoms with van der Waals surface area (Å²) >= 11 is 0. The molecule has 0 spiro atoms. The van der Waals surface area contributed by atoms with Gasteiger partial charge in [-0.15, -0.1) is 0 Å². The Morgan fingerprint density at radius 2 is 1.95 bits per heavy atom. The summed E-state index contributed by atoms with van der Waals surface area (Å²) in [6, 6.07) is 10.3. The van der Waals surface area contributed by atoms with Gasteiger partial charge in [0.1, 0.15) is 0 Å². The fraction of sp³-hybridized carbons (Fsp3) is 0.556. The second kappa shape index (κ2) is 8.23. The fourth-order valence-electron chi connectivity index (χ4n) is 3.06. The van der Waals surface area contributed by atoms with Crippen molar-refractivity contribution < 1.29 is 9.84 Å². The second-order valence-electron chi connectivity index (χ2n) is 5.72. The van der Waals surface area contributed by atoms with Crippen LogP contribution >= 0.6 is 0 Å². The lowest BCUT2D eigenvalue weighted by Gasteiger charge is -2.26. The first-order chi connectivity index (χ1) is 9.81. The van der Waals surface area contributed by atoms with Gasteiger partial charge in [0, 0.05) is 5.92 Å². The Bertz CT molecular complexity index is 399. The molecule has 3 atom stereocenters. The van der Waals surface area contributed by atoms with Gasteiger partial charge in [-0.1, -0.05) is 55.3 Å². The third-order valence-electron chi connectivity index (χ3n) is 4.17. The Morgan fingerprint density at radius 1 is 1.20 bits per heavy atom. The lowest BCUT2D eigenvalue weighted by atomic mass is 9.86. The van der Waals surface area contributed by atoms with E-state index >= 15 is 0 Å². The SMILES string of the molecule is C/C=C/C1C(O)CCCCC1COCc1ccccc1. The molecule has 1 N–H and O–H groups in total. The van der Waals surface area contributed by atoms with Gasteiger partial charge in [0.05, 0.1) is 19.3 Å². The van der Waals surface area contributed by atoms with Crippen molar-refractivity contribution in [2.45, 2.75) is 45.3 Å². The van der Waals surface area contributed by atoms with E-state index in [4.69, 9.17) is 4.74 Å². The number of hydrogen-bond donors (Lipinski definition) is 1. The molecule has 1 fully saturated rings. The number of aliphatic hydroxyl groups is 1. The fourth-order valence-corrected chi connectivity index (χ4v) is 3.06. The third kappa shape index (κ3) is 4.46. The Balaban J connectivity index is 1.88. The molecule has 0 radical (unpaired) electrons. The standard InChI is InChI=1S/C18H26O2/c1-2-8-17-16(11-6-7-12-18(17)19)14-20-13-15-9-4-3-5-10-15/h2-5,8-10,16-19H,6-7,11-14H2,1H3/b8-2+. The molecular formula is C18H26O2. The van der Waals surface area contributed by atoms with Crippen LogP contribution in [0.15, 0.2) is 42.5 Å². The van der Waals surface area contributed by atoms with Gasteiger partial charge in [-0.3, -0.25) is 0 Å². The Labute approximate surface area is 122 Å². The molecule has 0 amide bonds. The second-order valence-corrected chi connectivity index (χ2v) is 5.72. The summed E-state index contributed by atoms with van der Waals surface area (Å²) in [5, 5.41) is 10.3. The quantitative estimate of drug-likeness (QED) is 0.651. The highest BCUT2D eigenvalue weighted by atomic mass is 16.5. The molecule has 1 aliphatic rings. The maximum absolute atomic E-state index is 10.3. The van der Waals surface area contributed by atoms with E-state index in [0.29, 0.717) is 12.5 Å². The van der Waals surface area contributed by atoms with Crippen LogP contribution in [0.25, 0.3) is 0 Å². The van der Waals surface area contributed by atoms with Gasteiger partial charge < -0.3 is 9.84 Å². The minimum atomic E-state index is -0.209. The molecule has 1 aromatic carbocycles. The van der Waals surface area contributed by atoms with E-state index in [2.05, 4.69) is 24.3 Å². The number of rotatable bonds is 5. The number of benzene rings is 1. The molecule has 0 aromatic heterocycles. The van der Waals surface area contributed by atoms with Crippen molar-refractivity contribution in [1.29, 1.82) is 0 Å². The van der Waals surface area contributed by atoms with E-state index in [1.54, 1.807) is 0 Å². The van der Waals surface area contributed by atoms with Crippen LogP contribution < -0.4 is 0 Å². The first-order valence-electron chi connectivity index (χ1n) is 7.74. The van der Waals surface area contributed by atoms with Crippen LogP contribution in [0.3, 0.4) is 0 Å². The average Bonchev–Trinajstić information content (AvgIpc) is 2.64. The molecule has 0 heterocycles. The molecular weight excluding hydrogens is 248 g/mol. The van der Waals surface area contributed by atoms with Gasteiger partial charge in [-0.25, -0.2) is 0 Å². The third-order valence-corrected chi connectivity index (χ3v) is 4.17. The molecule has 20 heavy (non-hydrogen) atoms. The zero-order chi connectivity index (χ0) is 14.2. The molecule has 2 heteroatoms.